The molecule has 5 rings (SSSR count). The van der Waals surface area contributed by atoms with E-state index in [0.717, 1.165) is 21.8 Å². The lowest BCUT2D eigenvalue weighted by molar-refractivity contribution is 0.415. The molecule has 3 heterocycles. The first-order chi connectivity index (χ1) is 14.7. The molecule has 0 saturated carbocycles. The van der Waals surface area contributed by atoms with Gasteiger partial charge < -0.3 is 9.15 Å². The van der Waals surface area contributed by atoms with Crippen LogP contribution in [0.15, 0.2) is 76.2 Å². The first-order valence-corrected chi connectivity index (χ1v) is 10.0. The highest BCUT2D eigenvalue weighted by Crippen LogP contribution is 2.31. The van der Waals surface area contributed by atoms with Crippen molar-refractivity contribution < 1.29 is 9.15 Å². The van der Waals surface area contributed by atoms with Gasteiger partial charge in [-0.1, -0.05) is 18.2 Å². The van der Waals surface area contributed by atoms with E-state index in [-0.39, 0.29) is 12.1 Å². The summed E-state index contributed by atoms with van der Waals surface area (Å²) in [5.41, 5.74) is 2.38. The van der Waals surface area contributed by atoms with Crippen LogP contribution in [0.5, 0.6) is 5.75 Å². The van der Waals surface area contributed by atoms with Gasteiger partial charge >= 0.3 is 0 Å². The van der Waals surface area contributed by atoms with Gasteiger partial charge in [0.2, 0.25) is 11.8 Å². The fraction of sp³-hybridized carbons (Fsp3) is 0.0909. The summed E-state index contributed by atoms with van der Waals surface area (Å²) in [5.74, 6) is 1.56. The molecular formula is C22H16N4O3S. The largest absolute Gasteiger partial charge is 0.497 e. The second kappa shape index (κ2) is 7.57. The van der Waals surface area contributed by atoms with E-state index in [0.29, 0.717) is 22.0 Å². The Morgan fingerprint density at radius 1 is 1.03 bits per heavy atom. The van der Waals surface area contributed by atoms with Gasteiger partial charge in [0.25, 0.3) is 5.56 Å². The monoisotopic (exact) mass is 416 g/mol. The Bertz CT molecular complexity index is 1370. The Hall–Kier alpha value is -3.78. The van der Waals surface area contributed by atoms with E-state index in [9.17, 15) is 4.79 Å². The molecule has 2 aromatic carbocycles. The van der Waals surface area contributed by atoms with Crippen LogP contribution in [0.4, 0.5) is 0 Å². The molecule has 0 aliphatic carbocycles. The van der Waals surface area contributed by atoms with Crippen LogP contribution in [0.2, 0.25) is 0 Å². The first kappa shape index (κ1) is 18.3. The minimum atomic E-state index is -0.135. The molecule has 0 unspecified atom stereocenters. The number of rotatable bonds is 5. The van der Waals surface area contributed by atoms with E-state index in [1.54, 1.807) is 7.11 Å². The van der Waals surface area contributed by atoms with E-state index in [4.69, 9.17) is 9.15 Å². The summed E-state index contributed by atoms with van der Waals surface area (Å²) >= 11 is 1.41. The molecule has 7 nitrogen and oxygen atoms in total. The van der Waals surface area contributed by atoms with Crippen molar-refractivity contribution in [2.75, 3.05) is 7.11 Å². The topological polar surface area (TPSA) is 83.0 Å². The molecular weight excluding hydrogens is 400 g/mol. The molecule has 0 aliphatic heterocycles. The second-order valence-electron chi connectivity index (χ2n) is 6.60. The summed E-state index contributed by atoms with van der Waals surface area (Å²) in [6, 6.07) is 19.1. The normalized spacial score (nSPS) is 11.1. The number of benzene rings is 2. The van der Waals surface area contributed by atoms with Crippen LogP contribution in [0.25, 0.3) is 32.1 Å². The van der Waals surface area contributed by atoms with Crippen LogP contribution in [-0.4, -0.2) is 26.9 Å². The van der Waals surface area contributed by atoms with E-state index in [1.165, 1.54) is 22.2 Å². The van der Waals surface area contributed by atoms with Crippen molar-refractivity contribution in [2.45, 2.75) is 6.54 Å². The van der Waals surface area contributed by atoms with Crippen molar-refractivity contribution in [3.8, 4) is 27.6 Å². The number of thiophene rings is 1. The average molecular weight is 416 g/mol. The van der Waals surface area contributed by atoms with Crippen LogP contribution in [0.3, 0.4) is 0 Å². The zero-order valence-electron chi connectivity index (χ0n) is 16.0. The summed E-state index contributed by atoms with van der Waals surface area (Å²) in [5, 5.41) is 8.14. The Morgan fingerprint density at radius 3 is 2.60 bits per heavy atom. The third kappa shape index (κ3) is 3.37. The fourth-order valence-electron chi connectivity index (χ4n) is 3.12. The maximum Gasteiger partial charge on any atom is 0.271 e. The summed E-state index contributed by atoms with van der Waals surface area (Å²) < 4.78 is 13.0. The first-order valence-electron chi connectivity index (χ1n) is 9.22. The van der Waals surface area contributed by atoms with Gasteiger partial charge in [-0.3, -0.25) is 9.36 Å². The van der Waals surface area contributed by atoms with Crippen LogP contribution < -0.4 is 10.3 Å². The SMILES string of the molecule is COc1ccc(-c2cc3ncn(Cc4nnc(-c5ccccc5)o4)c(=O)c3s2)cc1. The molecule has 3 aromatic heterocycles. The van der Waals surface area contributed by atoms with Crippen molar-refractivity contribution in [2.24, 2.45) is 0 Å². The second-order valence-corrected chi connectivity index (χ2v) is 7.65. The van der Waals surface area contributed by atoms with Gasteiger partial charge in [0, 0.05) is 10.4 Å². The smallest absolute Gasteiger partial charge is 0.271 e. The minimum Gasteiger partial charge on any atom is -0.497 e. The van der Waals surface area contributed by atoms with Gasteiger partial charge in [-0.05, 0) is 48.0 Å². The average Bonchev–Trinajstić information content (AvgIpc) is 3.44. The predicted molar refractivity (Wildman–Crippen MR) is 115 cm³/mol. The summed E-state index contributed by atoms with van der Waals surface area (Å²) in [6.45, 7) is 0.164. The van der Waals surface area contributed by atoms with Crippen molar-refractivity contribution in [1.29, 1.82) is 0 Å². The van der Waals surface area contributed by atoms with Crippen molar-refractivity contribution in [3.63, 3.8) is 0 Å². The zero-order chi connectivity index (χ0) is 20.5. The highest BCUT2D eigenvalue weighted by atomic mass is 32.1. The predicted octanol–water partition coefficient (Wildman–Crippen LogP) is 4.23. The van der Waals surface area contributed by atoms with Gasteiger partial charge in [0.15, 0.2) is 0 Å². The van der Waals surface area contributed by atoms with Crippen LogP contribution in [0.1, 0.15) is 5.89 Å². The number of fused-ring (bicyclic) bond motifs is 1. The molecule has 0 atom stereocenters. The van der Waals surface area contributed by atoms with Gasteiger partial charge in [-0.25, -0.2) is 4.98 Å². The van der Waals surface area contributed by atoms with E-state index < -0.39 is 0 Å². The molecule has 0 fully saturated rings. The molecule has 0 saturated heterocycles. The van der Waals surface area contributed by atoms with E-state index in [2.05, 4.69) is 15.2 Å². The molecule has 0 spiro atoms. The number of aromatic nitrogens is 4. The van der Waals surface area contributed by atoms with Crippen molar-refractivity contribution in [3.05, 3.63) is 83.2 Å². The maximum absolute atomic E-state index is 13.0. The Kier molecular flexibility index (Phi) is 4.61. The van der Waals surface area contributed by atoms with E-state index >= 15 is 0 Å². The standard InChI is InChI=1S/C22H16N4O3S/c1-28-16-9-7-14(8-10-16)18-11-17-20(30-18)22(27)26(13-23-17)12-19-24-25-21(29-19)15-5-3-2-4-6-15/h2-11,13H,12H2,1H3. The van der Waals surface area contributed by atoms with Gasteiger partial charge in [0.1, 0.15) is 17.0 Å². The molecule has 5 aromatic rings. The van der Waals surface area contributed by atoms with Crippen molar-refractivity contribution >= 4 is 21.6 Å². The molecule has 0 aliphatic rings. The van der Waals surface area contributed by atoms with E-state index in [1.807, 2.05) is 60.7 Å². The summed E-state index contributed by atoms with van der Waals surface area (Å²) in [7, 11) is 1.63. The molecule has 148 valence electrons. The molecule has 0 amide bonds. The number of methoxy groups -OCH3 is 1. The molecule has 0 bridgehead atoms. The fourth-order valence-corrected chi connectivity index (χ4v) is 4.18. The van der Waals surface area contributed by atoms with Gasteiger partial charge in [-0.15, -0.1) is 21.5 Å². The molecule has 0 radical (unpaired) electrons. The van der Waals surface area contributed by atoms with Gasteiger partial charge in [0.05, 0.1) is 19.0 Å². The molecule has 8 heteroatoms. The highest BCUT2D eigenvalue weighted by Gasteiger charge is 2.14. The number of ether oxygens (including phenoxy) is 1. The van der Waals surface area contributed by atoms with Crippen LogP contribution in [-0.2, 0) is 6.54 Å². The Balaban J connectivity index is 1.45. The third-order valence-corrected chi connectivity index (χ3v) is 5.83. The lowest BCUT2D eigenvalue weighted by Gasteiger charge is -2.01. The lowest BCUT2D eigenvalue weighted by atomic mass is 10.2. The highest BCUT2D eigenvalue weighted by molar-refractivity contribution is 7.22. The maximum atomic E-state index is 13.0. The van der Waals surface area contributed by atoms with Crippen LogP contribution in [0, 0.1) is 0 Å². The van der Waals surface area contributed by atoms with Crippen LogP contribution >= 0.6 is 11.3 Å². The molecule has 0 N–H and O–H groups in total. The quantitative estimate of drug-likeness (QED) is 0.426. The number of nitrogens with zero attached hydrogens (tertiary/aromatic N) is 4. The Morgan fingerprint density at radius 2 is 1.83 bits per heavy atom. The zero-order valence-corrected chi connectivity index (χ0v) is 16.8. The number of hydrogen-bond donors (Lipinski definition) is 0. The number of hydrogen-bond acceptors (Lipinski definition) is 7. The Labute approximate surface area is 175 Å². The minimum absolute atomic E-state index is 0.135. The lowest BCUT2D eigenvalue weighted by Crippen LogP contribution is -2.20. The summed E-state index contributed by atoms with van der Waals surface area (Å²) in [6.07, 6.45) is 1.52. The van der Waals surface area contributed by atoms with Gasteiger partial charge in [-0.2, -0.15) is 0 Å². The summed E-state index contributed by atoms with van der Waals surface area (Å²) in [4.78, 5) is 18.4. The molecule has 30 heavy (non-hydrogen) atoms. The van der Waals surface area contributed by atoms with Crippen molar-refractivity contribution in [1.82, 2.24) is 19.7 Å². The third-order valence-electron chi connectivity index (χ3n) is 4.67.